The molecule has 0 amide bonds. The van der Waals surface area contributed by atoms with Crippen molar-refractivity contribution in [3.05, 3.63) is 34.6 Å². The third-order valence-electron chi connectivity index (χ3n) is 1.90. The second-order valence-electron chi connectivity index (χ2n) is 3.35. The lowest BCUT2D eigenvalue weighted by atomic mass is 10.2. The fourth-order valence-corrected chi connectivity index (χ4v) is 1.85. The Balaban J connectivity index is 1.99. The van der Waals surface area contributed by atoms with Crippen LogP contribution in [0.5, 0.6) is 0 Å². The Hall–Kier alpha value is -1.49. The smallest absolute Gasteiger partial charge is 0.205 e. The summed E-state index contributed by atoms with van der Waals surface area (Å²) in [5.41, 5.74) is 2.32. The molecule has 0 aliphatic rings. The van der Waals surface area contributed by atoms with Gasteiger partial charge in [0.15, 0.2) is 0 Å². The summed E-state index contributed by atoms with van der Waals surface area (Å²) < 4.78 is 0. The molecule has 2 heterocycles. The van der Waals surface area contributed by atoms with Crippen LogP contribution < -0.4 is 5.32 Å². The number of nitrogens with one attached hydrogen (secondary N) is 1. The van der Waals surface area contributed by atoms with Gasteiger partial charge in [-0.1, -0.05) is 17.4 Å². The average molecular weight is 220 g/mol. The van der Waals surface area contributed by atoms with E-state index in [0.717, 1.165) is 22.2 Å². The summed E-state index contributed by atoms with van der Waals surface area (Å²) in [6.07, 6.45) is 3.70. The maximum absolute atomic E-state index is 4.13. The Morgan fingerprint density at radius 1 is 1.27 bits per heavy atom. The van der Waals surface area contributed by atoms with Gasteiger partial charge < -0.3 is 5.32 Å². The summed E-state index contributed by atoms with van der Waals surface area (Å²) in [7, 11) is 0. The fourth-order valence-electron chi connectivity index (χ4n) is 1.26. The minimum Gasteiger partial charge on any atom is -0.356 e. The van der Waals surface area contributed by atoms with Crippen molar-refractivity contribution < 1.29 is 0 Å². The van der Waals surface area contributed by atoms with E-state index in [1.165, 1.54) is 5.56 Å². The maximum Gasteiger partial charge on any atom is 0.205 e. The molecule has 0 spiro atoms. The van der Waals surface area contributed by atoms with E-state index in [-0.39, 0.29) is 0 Å². The molecule has 0 saturated carbocycles. The minimum atomic E-state index is 0.739. The van der Waals surface area contributed by atoms with Crippen molar-refractivity contribution in [2.24, 2.45) is 0 Å². The fraction of sp³-hybridized carbons (Fsp3) is 0.300. The SMILES string of the molecule is Cc1cncc(CNc2nnc(C)s2)c1. The van der Waals surface area contributed by atoms with E-state index in [1.54, 1.807) is 11.3 Å². The molecule has 0 aliphatic heterocycles. The number of aromatic nitrogens is 3. The van der Waals surface area contributed by atoms with E-state index >= 15 is 0 Å². The highest BCUT2D eigenvalue weighted by atomic mass is 32.1. The number of hydrogen-bond donors (Lipinski definition) is 1. The van der Waals surface area contributed by atoms with Crippen LogP contribution in [0.4, 0.5) is 5.13 Å². The van der Waals surface area contributed by atoms with Gasteiger partial charge >= 0.3 is 0 Å². The molecule has 78 valence electrons. The molecule has 2 aromatic rings. The first kappa shape index (κ1) is 10.0. The second kappa shape index (κ2) is 4.35. The van der Waals surface area contributed by atoms with Crippen LogP contribution in [-0.4, -0.2) is 15.2 Å². The Morgan fingerprint density at radius 3 is 2.80 bits per heavy atom. The molecule has 0 bridgehead atoms. The average Bonchev–Trinajstić information content (AvgIpc) is 2.62. The molecule has 0 unspecified atom stereocenters. The zero-order valence-corrected chi connectivity index (χ0v) is 9.51. The third-order valence-corrected chi connectivity index (χ3v) is 2.70. The highest BCUT2D eigenvalue weighted by molar-refractivity contribution is 7.15. The molecule has 4 nitrogen and oxygen atoms in total. The summed E-state index contributed by atoms with van der Waals surface area (Å²) >= 11 is 1.56. The lowest BCUT2D eigenvalue weighted by Gasteiger charge is -2.02. The molecule has 0 fully saturated rings. The minimum absolute atomic E-state index is 0.739. The van der Waals surface area contributed by atoms with Crippen molar-refractivity contribution >= 4 is 16.5 Å². The number of anilines is 1. The van der Waals surface area contributed by atoms with Crippen LogP contribution in [0.3, 0.4) is 0 Å². The van der Waals surface area contributed by atoms with E-state index in [0.29, 0.717) is 0 Å². The van der Waals surface area contributed by atoms with E-state index in [1.807, 2.05) is 26.2 Å². The zero-order valence-electron chi connectivity index (χ0n) is 8.69. The second-order valence-corrected chi connectivity index (χ2v) is 4.53. The van der Waals surface area contributed by atoms with Crippen LogP contribution >= 0.6 is 11.3 Å². The highest BCUT2D eigenvalue weighted by Gasteiger charge is 1.99. The van der Waals surface area contributed by atoms with Crippen LogP contribution in [-0.2, 0) is 6.54 Å². The van der Waals surface area contributed by atoms with Gasteiger partial charge in [0.05, 0.1) is 0 Å². The van der Waals surface area contributed by atoms with Gasteiger partial charge in [0.1, 0.15) is 5.01 Å². The number of hydrogen-bond acceptors (Lipinski definition) is 5. The van der Waals surface area contributed by atoms with Crippen molar-refractivity contribution in [3.63, 3.8) is 0 Å². The maximum atomic E-state index is 4.13. The van der Waals surface area contributed by atoms with Gasteiger partial charge in [-0.3, -0.25) is 4.98 Å². The number of aryl methyl sites for hydroxylation is 2. The van der Waals surface area contributed by atoms with Gasteiger partial charge in [0, 0.05) is 18.9 Å². The normalized spacial score (nSPS) is 10.3. The van der Waals surface area contributed by atoms with Crippen LogP contribution in [0.25, 0.3) is 0 Å². The lowest BCUT2D eigenvalue weighted by molar-refractivity contribution is 1.02. The van der Waals surface area contributed by atoms with E-state index in [4.69, 9.17) is 0 Å². The van der Waals surface area contributed by atoms with Crippen molar-refractivity contribution in [3.8, 4) is 0 Å². The summed E-state index contributed by atoms with van der Waals surface area (Å²) in [5.74, 6) is 0. The molecular formula is C10H12N4S. The molecule has 5 heteroatoms. The van der Waals surface area contributed by atoms with Crippen LogP contribution in [0.15, 0.2) is 18.5 Å². The van der Waals surface area contributed by atoms with Crippen LogP contribution in [0.1, 0.15) is 16.1 Å². The predicted molar refractivity (Wildman–Crippen MR) is 60.9 cm³/mol. The van der Waals surface area contributed by atoms with E-state index < -0.39 is 0 Å². The Labute approximate surface area is 92.4 Å². The first-order chi connectivity index (χ1) is 7.24. The van der Waals surface area contributed by atoms with Gasteiger partial charge in [-0.25, -0.2) is 0 Å². The van der Waals surface area contributed by atoms with E-state index in [2.05, 4.69) is 26.6 Å². The Kier molecular flexibility index (Phi) is 2.91. The summed E-state index contributed by atoms with van der Waals surface area (Å²) in [5, 5.41) is 13.0. The zero-order chi connectivity index (χ0) is 10.7. The number of nitrogens with zero attached hydrogens (tertiary/aromatic N) is 3. The first-order valence-corrected chi connectivity index (χ1v) is 5.50. The molecule has 0 aliphatic carbocycles. The van der Waals surface area contributed by atoms with Crippen molar-refractivity contribution in [1.82, 2.24) is 15.2 Å². The molecule has 15 heavy (non-hydrogen) atoms. The molecule has 0 atom stereocenters. The molecule has 2 aromatic heterocycles. The lowest BCUT2D eigenvalue weighted by Crippen LogP contribution is -1.99. The molecule has 0 radical (unpaired) electrons. The summed E-state index contributed by atoms with van der Waals surface area (Å²) in [4.78, 5) is 4.13. The molecule has 2 rings (SSSR count). The van der Waals surface area contributed by atoms with Gasteiger partial charge in [0.25, 0.3) is 0 Å². The topological polar surface area (TPSA) is 50.7 Å². The van der Waals surface area contributed by atoms with Gasteiger partial charge in [0.2, 0.25) is 5.13 Å². The Morgan fingerprint density at radius 2 is 2.13 bits per heavy atom. The molecular weight excluding hydrogens is 208 g/mol. The van der Waals surface area contributed by atoms with Crippen molar-refractivity contribution in [1.29, 1.82) is 0 Å². The third kappa shape index (κ3) is 2.73. The summed E-state index contributed by atoms with van der Waals surface area (Å²) in [6, 6.07) is 2.11. The Bertz CT molecular complexity index is 452. The van der Waals surface area contributed by atoms with Gasteiger partial charge in [-0.05, 0) is 25.0 Å². The molecule has 1 N–H and O–H groups in total. The highest BCUT2D eigenvalue weighted by Crippen LogP contribution is 2.14. The van der Waals surface area contributed by atoms with Gasteiger partial charge in [-0.15, -0.1) is 10.2 Å². The largest absolute Gasteiger partial charge is 0.356 e. The van der Waals surface area contributed by atoms with E-state index in [9.17, 15) is 0 Å². The van der Waals surface area contributed by atoms with Gasteiger partial charge in [-0.2, -0.15) is 0 Å². The summed E-state index contributed by atoms with van der Waals surface area (Å²) in [6.45, 7) is 4.71. The van der Waals surface area contributed by atoms with Crippen molar-refractivity contribution in [2.75, 3.05) is 5.32 Å². The van der Waals surface area contributed by atoms with Crippen LogP contribution in [0, 0.1) is 13.8 Å². The predicted octanol–water partition coefficient (Wildman–Crippen LogP) is 2.16. The van der Waals surface area contributed by atoms with Crippen LogP contribution in [0.2, 0.25) is 0 Å². The first-order valence-electron chi connectivity index (χ1n) is 4.68. The number of pyridine rings is 1. The number of rotatable bonds is 3. The standard InChI is InChI=1S/C10H12N4S/c1-7-3-9(5-11-4-7)6-12-10-14-13-8(2)15-10/h3-5H,6H2,1-2H3,(H,12,14). The quantitative estimate of drug-likeness (QED) is 0.861. The molecule has 0 aromatic carbocycles. The monoisotopic (exact) mass is 220 g/mol. The molecule has 0 saturated heterocycles. The van der Waals surface area contributed by atoms with Crippen molar-refractivity contribution in [2.45, 2.75) is 20.4 Å².